The molecule has 1 unspecified atom stereocenters. The van der Waals surface area contributed by atoms with Crippen LogP contribution in [0.3, 0.4) is 0 Å². The molecule has 8 heteroatoms. The summed E-state index contributed by atoms with van der Waals surface area (Å²) in [6.07, 6.45) is 1.81. The van der Waals surface area contributed by atoms with Crippen molar-refractivity contribution in [3.63, 3.8) is 0 Å². The van der Waals surface area contributed by atoms with E-state index in [0.29, 0.717) is 19.3 Å². The highest BCUT2D eigenvalue weighted by Gasteiger charge is 2.31. The first kappa shape index (κ1) is 14.2. The van der Waals surface area contributed by atoms with Gasteiger partial charge in [0.05, 0.1) is 16.8 Å². The van der Waals surface area contributed by atoms with E-state index in [1.165, 1.54) is 0 Å². The van der Waals surface area contributed by atoms with Gasteiger partial charge in [-0.05, 0) is 38.3 Å². The number of sulfonamides is 1. The van der Waals surface area contributed by atoms with E-state index < -0.39 is 19.9 Å². The Morgan fingerprint density at radius 1 is 1.17 bits per heavy atom. The van der Waals surface area contributed by atoms with Gasteiger partial charge in [0, 0.05) is 6.54 Å². The predicted octanol–water partition coefficient (Wildman–Crippen LogP) is -0.907. The molecule has 2 aliphatic rings. The highest BCUT2D eigenvalue weighted by Crippen LogP contribution is 2.18. The molecule has 0 spiro atoms. The summed E-state index contributed by atoms with van der Waals surface area (Å²) >= 11 is 0. The molecule has 2 N–H and O–H groups in total. The zero-order valence-electron chi connectivity index (χ0n) is 10.3. The van der Waals surface area contributed by atoms with Gasteiger partial charge in [0.1, 0.15) is 0 Å². The molecule has 6 nitrogen and oxygen atoms in total. The molecule has 0 aliphatic carbocycles. The molecule has 0 radical (unpaired) electrons. The molecular formula is C10H20N2O4S2. The summed E-state index contributed by atoms with van der Waals surface area (Å²) in [6.45, 7) is 1.71. The van der Waals surface area contributed by atoms with Crippen LogP contribution in [0.5, 0.6) is 0 Å². The lowest BCUT2D eigenvalue weighted by atomic mass is 10.1. The Hall–Kier alpha value is -0.180. The second-order valence-electron chi connectivity index (χ2n) is 5.11. The van der Waals surface area contributed by atoms with Gasteiger partial charge in [-0.1, -0.05) is 0 Å². The van der Waals surface area contributed by atoms with E-state index in [-0.39, 0.29) is 29.2 Å². The number of piperidine rings is 1. The van der Waals surface area contributed by atoms with Crippen molar-refractivity contribution in [1.82, 2.24) is 10.0 Å². The third kappa shape index (κ3) is 3.66. The maximum Gasteiger partial charge on any atom is 0.214 e. The minimum absolute atomic E-state index is 0.0634. The van der Waals surface area contributed by atoms with E-state index in [4.69, 9.17) is 0 Å². The molecule has 18 heavy (non-hydrogen) atoms. The summed E-state index contributed by atoms with van der Waals surface area (Å²) in [4.78, 5) is 0. The van der Waals surface area contributed by atoms with Crippen LogP contribution in [0, 0.1) is 5.92 Å². The fourth-order valence-electron chi connectivity index (χ4n) is 2.49. The Morgan fingerprint density at radius 2 is 1.83 bits per heavy atom. The number of rotatable bonds is 4. The molecule has 0 saturated carbocycles. The average Bonchev–Trinajstić information content (AvgIpc) is 2.68. The molecular weight excluding hydrogens is 276 g/mol. The van der Waals surface area contributed by atoms with Gasteiger partial charge >= 0.3 is 0 Å². The average molecular weight is 296 g/mol. The zero-order chi connectivity index (χ0) is 13.2. The fraction of sp³-hybridized carbons (Fsp3) is 1.00. The van der Waals surface area contributed by atoms with Crippen LogP contribution in [0.25, 0.3) is 0 Å². The molecule has 2 rings (SSSR count). The lowest BCUT2D eigenvalue weighted by molar-refractivity contribution is 0.482. The minimum atomic E-state index is -3.29. The van der Waals surface area contributed by atoms with Crippen molar-refractivity contribution in [2.75, 3.05) is 31.1 Å². The van der Waals surface area contributed by atoms with Gasteiger partial charge in [-0.15, -0.1) is 0 Å². The first-order valence-electron chi connectivity index (χ1n) is 6.29. The van der Waals surface area contributed by atoms with Crippen LogP contribution in [-0.2, 0) is 19.9 Å². The lowest BCUT2D eigenvalue weighted by Gasteiger charge is -2.23. The molecule has 0 bridgehead atoms. The summed E-state index contributed by atoms with van der Waals surface area (Å²) in [6, 6.07) is 0. The van der Waals surface area contributed by atoms with Crippen molar-refractivity contribution in [2.45, 2.75) is 24.5 Å². The summed E-state index contributed by atoms with van der Waals surface area (Å²) in [5, 5.41) is 2.79. The van der Waals surface area contributed by atoms with Gasteiger partial charge in [-0.2, -0.15) is 0 Å². The van der Waals surface area contributed by atoms with Crippen molar-refractivity contribution in [2.24, 2.45) is 5.92 Å². The quantitative estimate of drug-likeness (QED) is 0.701. The Morgan fingerprint density at radius 3 is 2.39 bits per heavy atom. The Balaban J connectivity index is 1.85. The van der Waals surface area contributed by atoms with Crippen molar-refractivity contribution in [1.29, 1.82) is 0 Å². The molecule has 2 aliphatic heterocycles. The molecule has 0 aromatic carbocycles. The third-order valence-electron chi connectivity index (χ3n) is 3.62. The van der Waals surface area contributed by atoms with Gasteiger partial charge in [0.15, 0.2) is 9.84 Å². The zero-order valence-corrected chi connectivity index (χ0v) is 11.9. The van der Waals surface area contributed by atoms with E-state index in [1.807, 2.05) is 0 Å². The smallest absolute Gasteiger partial charge is 0.214 e. The second kappa shape index (κ2) is 5.44. The lowest BCUT2D eigenvalue weighted by Crippen LogP contribution is -2.43. The molecule has 2 fully saturated rings. The highest BCUT2D eigenvalue weighted by atomic mass is 32.2. The summed E-state index contributed by atoms with van der Waals surface area (Å²) in [7, 11) is -6.23. The topological polar surface area (TPSA) is 92.3 Å². The van der Waals surface area contributed by atoms with Crippen LogP contribution in [0.1, 0.15) is 19.3 Å². The Bertz CT molecular complexity index is 480. The highest BCUT2D eigenvalue weighted by molar-refractivity contribution is 7.91. The first-order chi connectivity index (χ1) is 8.39. The van der Waals surface area contributed by atoms with Crippen LogP contribution >= 0.6 is 0 Å². The number of hydrogen-bond acceptors (Lipinski definition) is 5. The fourth-order valence-corrected chi connectivity index (χ4v) is 5.91. The molecule has 0 amide bonds. The van der Waals surface area contributed by atoms with E-state index in [0.717, 1.165) is 13.1 Å². The second-order valence-corrected chi connectivity index (χ2v) is 9.39. The van der Waals surface area contributed by atoms with Crippen LogP contribution in [0.15, 0.2) is 0 Å². The van der Waals surface area contributed by atoms with Crippen LogP contribution in [0.2, 0.25) is 0 Å². The maximum absolute atomic E-state index is 12.0. The number of hydrogen-bond donors (Lipinski definition) is 2. The van der Waals surface area contributed by atoms with E-state index in [2.05, 4.69) is 10.0 Å². The molecule has 1 atom stereocenters. The first-order valence-corrected chi connectivity index (χ1v) is 9.65. The molecule has 2 heterocycles. The van der Waals surface area contributed by atoms with Crippen molar-refractivity contribution in [3.8, 4) is 0 Å². The van der Waals surface area contributed by atoms with Gasteiger partial charge in [-0.25, -0.2) is 21.6 Å². The largest absolute Gasteiger partial charge is 0.317 e. The minimum Gasteiger partial charge on any atom is -0.317 e. The summed E-state index contributed by atoms with van der Waals surface area (Å²) < 4.78 is 49.2. The Kier molecular flexibility index (Phi) is 4.30. The van der Waals surface area contributed by atoms with Crippen molar-refractivity contribution in [3.05, 3.63) is 0 Å². The summed E-state index contributed by atoms with van der Waals surface area (Å²) in [5.41, 5.74) is 0. The van der Waals surface area contributed by atoms with Gasteiger partial charge < -0.3 is 5.32 Å². The van der Waals surface area contributed by atoms with Gasteiger partial charge in [0.2, 0.25) is 10.0 Å². The van der Waals surface area contributed by atoms with Crippen molar-refractivity contribution >= 4 is 19.9 Å². The number of nitrogens with one attached hydrogen (secondary N) is 2. The summed E-state index contributed by atoms with van der Waals surface area (Å²) in [5.74, 6) is 0.237. The van der Waals surface area contributed by atoms with Crippen LogP contribution in [0.4, 0.5) is 0 Å². The van der Waals surface area contributed by atoms with E-state index in [9.17, 15) is 16.8 Å². The van der Waals surface area contributed by atoms with Crippen molar-refractivity contribution < 1.29 is 16.8 Å². The molecule has 106 valence electrons. The third-order valence-corrected chi connectivity index (χ3v) is 7.38. The SMILES string of the molecule is O=S1(=O)CCC(CNS(=O)(=O)C2CCNCC2)C1. The van der Waals surface area contributed by atoms with Gasteiger partial charge in [0.25, 0.3) is 0 Å². The van der Waals surface area contributed by atoms with Crippen LogP contribution in [-0.4, -0.2) is 53.2 Å². The predicted molar refractivity (Wildman–Crippen MR) is 69.6 cm³/mol. The Labute approximate surface area is 108 Å². The normalized spacial score (nSPS) is 29.4. The molecule has 2 saturated heterocycles. The van der Waals surface area contributed by atoms with Gasteiger partial charge in [-0.3, -0.25) is 0 Å². The monoisotopic (exact) mass is 296 g/mol. The van der Waals surface area contributed by atoms with E-state index in [1.54, 1.807) is 0 Å². The molecule has 0 aromatic heterocycles. The number of sulfone groups is 1. The standard InChI is InChI=1S/C10H20N2O4S2/c13-17(14)6-3-9(8-17)7-12-18(15,16)10-1-4-11-5-2-10/h9-12H,1-8H2. The maximum atomic E-state index is 12.0. The molecule has 0 aromatic rings. The van der Waals surface area contributed by atoms with E-state index >= 15 is 0 Å². The van der Waals surface area contributed by atoms with Crippen LogP contribution < -0.4 is 10.0 Å².